The molecule has 0 N–H and O–H groups in total. The number of para-hydroxylation sites is 1. The number of benzene rings is 1. The lowest BCUT2D eigenvalue weighted by atomic mass is 10.2. The Bertz CT molecular complexity index is 403. The van der Waals surface area contributed by atoms with E-state index < -0.39 is 0 Å². The molecule has 17 heavy (non-hydrogen) atoms. The minimum Gasteiger partial charge on any atom is -0.247 e. The summed E-state index contributed by atoms with van der Waals surface area (Å²) >= 11 is 0. The Morgan fingerprint density at radius 2 is 1.94 bits per heavy atom. The topological polar surface area (TPSA) is 12.4 Å². The molecule has 1 aliphatic rings. The number of nitrogens with zero attached hydrogens (tertiary/aromatic N) is 1. The van der Waals surface area contributed by atoms with Crippen molar-refractivity contribution in [1.82, 2.24) is 0 Å². The standard InChI is InChI=1S/C14H21NS.HI/c1-4-8-12(5-2)16-11(3)15-13-9-6-7-10-14(13)16;/h6-7,9-10,12,16H,4-5,8H2,1-3H3;1H. The highest BCUT2D eigenvalue weighted by Gasteiger charge is 2.26. The smallest absolute Gasteiger partial charge is 0.0760 e. The fraction of sp³-hybridized carbons (Fsp3) is 0.500. The van der Waals surface area contributed by atoms with E-state index in [1.165, 1.54) is 34.9 Å². The molecule has 0 radical (unpaired) electrons. The van der Waals surface area contributed by atoms with Gasteiger partial charge in [-0.25, -0.2) is 4.99 Å². The molecule has 96 valence electrons. The van der Waals surface area contributed by atoms with Crippen LogP contribution < -0.4 is 0 Å². The average molecular weight is 363 g/mol. The lowest BCUT2D eigenvalue weighted by molar-refractivity contribution is 0.718. The summed E-state index contributed by atoms with van der Waals surface area (Å²) in [5.41, 5.74) is 1.22. The summed E-state index contributed by atoms with van der Waals surface area (Å²) in [7, 11) is -0.142. The predicted molar refractivity (Wildman–Crippen MR) is 90.9 cm³/mol. The molecule has 0 amide bonds. The van der Waals surface area contributed by atoms with Crippen LogP contribution >= 0.6 is 34.9 Å². The number of hydrogen-bond acceptors (Lipinski definition) is 1. The maximum absolute atomic E-state index is 4.73. The van der Waals surface area contributed by atoms with Crippen molar-refractivity contribution in [3.05, 3.63) is 24.3 Å². The van der Waals surface area contributed by atoms with Gasteiger partial charge in [0.1, 0.15) is 0 Å². The Morgan fingerprint density at radius 3 is 2.59 bits per heavy atom. The molecule has 0 bridgehead atoms. The van der Waals surface area contributed by atoms with Crippen LogP contribution in [-0.2, 0) is 0 Å². The molecule has 1 nitrogen and oxygen atoms in total. The van der Waals surface area contributed by atoms with Crippen molar-refractivity contribution in [1.29, 1.82) is 0 Å². The minimum atomic E-state index is -0.142. The number of rotatable bonds is 4. The predicted octanol–water partition coefficient (Wildman–Crippen LogP) is 5.31. The molecule has 0 saturated carbocycles. The highest BCUT2D eigenvalue weighted by Crippen LogP contribution is 2.54. The number of fused-ring (bicyclic) bond motifs is 1. The summed E-state index contributed by atoms with van der Waals surface area (Å²) in [5, 5.41) is 2.20. The van der Waals surface area contributed by atoms with Crippen LogP contribution in [0, 0.1) is 0 Å². The SMILES string of the molecule is CCCC(CC)[SH]1C(C)=Nc2ccccc21.I. The fourth-order valence-electron chi connectivity index (χ4n) is 2.47. The molecule has 2 unspecified atom stereocenters. The highest BCUT2D eigenvalue weighted by atomic mass is 127. The normalized spacial score (nSPS) is 21.4. The number of hydrogen-bond donors (Lipinski definition) is 1. The Kier molecular flexibility index (Phi) is 6.00. The van der Waals surface area contributed by atoms with Gasteiger partial charge in [0.25, 0.3) is 0 Å². The first-order valence-electron chi connectivity index (χ1n) is 6.21. The first kappa shape index (κ1) is 15.0. The van der Waals surface area contributed by atoms with Crippen molar-refractivity contribution < 1.29 is 0 Å². The van der Waals surface area contributed by atoms with Crippen molar-refractivity contribution in [2.75, 3.05) is 0 Å². The molecule has 1 aliphatic heterocycles. The molecular weight excluding hydrogens is 341 g/mol. The summed E-state index contributed by atoms with van der Waals surface area (Å²) in [4.78, 5) is 6.24. The third-order valence-electron chi connectivity index (χ3n) is 3.23. The minimum absolute atomic E-state index is 0. The molecule has 0 aliphatic carbocycles. The van der Waals surface area contributed by atoms with Gasteiger partial charge in [0.05, 0.1) is 10.7 Å². The van der Waals surface area contributed by atoms with Crippen LogP contribution in [-0.4, -0.2) is 10.3 Å². The third kappa shape index (κ3) is 3.05. The zero-order valence-electron chi connectivity index (χ0n) is 10.8. The van der Waals surface area contributed by atoms with Gasteiger partial charge in [-0.3, -0.25) is 0 Å². The first-order valence-corrected chi connectivity index (χ1v) is 7.62. The quantitative estimate of drug-likeness (QED) is 0.550. The van der Waals surface area contributed by atoms with Crippen molar-refractivity contribution in [3.63, 3.8) is 0 Å². The molecule has 1 heterocycles. The van der Waals surface area contributed by atoms with Gasteiger partial charge in [0.15, 0.2) is 0 Å². The lowest BCUT2D eigenvalue weighted by Gasteiger charge is -2.27. The number of aliphatic imine (C=N–C) groups is 1. The average Bonchev–Trinajstić information content (AvgIpc) is 2.62. The highest BCUT2D eigenvalue weighted by molar-refractivity contribution is 14.0. The third-order valence-corrected chi connectivity index (χ3v) is 6.28. The van der Waals surface area contributed by atoms with E-state index in [2.05, 4.69) is 45.0 Å². The second-order valence-corrected chi connectivity index (χ2v) is 6.97. The largest absolute Gasteiger partial charge is 0.247 e. The van der Waals surface area contributed by atoms with Gasteiger partial charge in [0.2, 0.25) is 0 Å². The van der Waals surface area contributed by atoms with Crippen LogP contribution in [0.2, 0.25) is 0 Å². The maximum Gasteiger partial charge on any atom is 0.0760 e. The van der Waals surface area contributed by atoms with E-state index in [0.717, 1.165) is 5.25 Å². The van der Waals surface area contributed by atoms with E-state index >= 15 is 0 Å². The molecular formula is C14H22INS. The second kappa shape index (κ2) is 6.78. The maximum atomic E-state index is 4.73. The van der Waals surface area contributed by atoms with Crippen molar-refractivity contribution in [2.45, 2.75) is 50.2 Å². The van der Waals surface area contributed by atoms with Crippen LogP contribution in [0.5, 0.6) is 0 Å². The van der Waals surface area contributed by atoms with E-state index in [1.54, 1.807) is 0 Å². The molecule has 1 aromatic rings. The summed E-state index contributed by atoms with van der Waals surface area (Å²) in [6, 6.07) is 8.68. The summed E-state index contributed by atoms with van der Waals surface area (Å²) in [5.74, 6) is 0. The van der Waals surface area contributed by atoms with Gasteiger partial charge >= 0.3 is 0 Å². The van der Waals surface area contributed by atoms with Gasteiger partial charge in [-0.2, -0.15) is 10.9 Å². The summed E-state index contributed by atoms with van der Waals surface area (Å²) < 4.78 is 0. The van der Waals surface area contributed by atoms with E-state index in [-0.39, 0.29) is 34.9 Å². The molecule has 2 rings (SSSR count). The van der Waals surface area contributed by atoms with Crippen LogP contribution in [0.25, 0.3) is 0 Å². The Balaban J connectivity index is 0.00000144. The van der Waals surface area contributed by atoms with Crippen molar-refractivity contribution in [2.24, 2.45) is 4.99 Å². The molecule has 1 aromatic carbocycles. The summed E-state index contributed by atoms with van der Waals surface area (Å²) in [6.07, 6.45) is 3.90. The summed E-state index contributed by atoms with van der Waals surface area (Å²) in [6.45, 7) is 6.81. The van der Waals surface area contributed by atoms with Gasteiger partial charge in [-0.1, -0.05) is 32.4 Å². The number of thiol groups is 1. The first-order chi connectivity index (χ1) is 7.77. The van der Waals surface area contributed by atoms with Gasteiger partial charge in [-0.05, 0) is 37.1 Å². The molecule has 0 fully saturated rings. The van der Waals surface area contributed by atoms with Gasteiger partial charge in [0, 0.05) is 4.90 Å². The fourth-order valence-corrected chi connectivity index (χ4v) is 5.46. The van der Waals surface area contributed by atoms with Crippen LogP contribution in [0.4, 0.5) is 5.69 Å². The Morgan fingerprint density at radius 1 is 1.24 bits per heavy atom. The van der Waals surface area contributed by atoms with E-state index in [1.807, 2.05) is 0 Å². The van der Waals surface area contributed by atoms with Crippen LogP contribution in [0.3, 0.4) is 0 Å². The number of halogens is 1. The van der Waals surface area contributed by atoms with Gasteiger partial charge in [-0.15, -0.1) is 24.0 Å². The van der Waals surface area contributed by atoms with Crippen molar-refractivity contribution >= 4 is 45.6 Å². The Labute approximate surface area is 124 Å². The second-order valence-electron chi connectivity index (χ2n) is 4.37. The molecule has 3 heteroatoms. The zero-order chi connectivity index (χ0) is 11.5. The van der Waals surface area contributed by atoms with Crippen LogP contribution in [0.1, 0.15) is 40.0 Å². The molecule has 0 aromatic heterocycles. The van der Waals surface area contributed by atoms with E-state index in [4.69, 9.17) is 4.99 Å². The Hall–Kier alpha value is -0.0300. The molecule has 2 atom stereocenters. The monoisotopic (exact) mass is 363 g/mol. The van der Waals surface area contributed by atoms with E-state index in [0.29, 0.717) is 0 Å². The van der Waals surface area contributed by atoms with E-state index in [9.17, 15) is 0 Å². The molecule has 0 saturated heterocycles. The van der Waals surface area contributed by atoms with Crippen molar-refractivity contribution in [3.8, 4) is 0 Å². The molecule has 0 spiro atoms. The van der Waals surface area contributed by atoms with Gasteiger partial charge < -0.3 is 0 Å². The lowest BCUT2D eigenvalue weighted by Crippen LogP contribution is -2.10. The van der Waals surface area contributed by atoms with Crippen LogP contribution in [0.15, 0.2) is 34.2 Å². The zero-order valence-corrected chi connectivity index (χ0v) is 14.0.